The third-order valence-corrected chi connectivity index (χ3v) is 4.69. The summed E-state index contributed by atoms with van der Waals surface area (Å²) in [4.78, 5) is 24.3. The number of nitrogens with one attached hydrogen (secondary N) is 1. The molecule has 2 aliphatic carbocycles. The van der Waals surface area contributed by atoms with Gasteiger partial charge in [-0.3, -0.25) is 4.79 Å². The summed E-state index contributed by atoms with van der Waals surface area (Å²) in [5, 5.41) is 2.96. The first-order valence-corrected chi connectivity index (χ1v) is 8.26. The molecule has 0 bridgehead atoms. The molecule has 1 aromatic rings. The number of carbonyl (C=O) groups excluding carboxylic acids is 2. The van der Waals surface area contributed by atoms with Crippen molar-refractivity contribution in [3.05, 3.63) is 34.9 Å². The van der Waals surface area contributed by atoms with E-state index in [0.717, 1.165) is 44.9 Å². The largest absolute Gasteiger partial charge is 0.449 e. The molecular weight excluding hydrogens is 278 g/mol. The summed E-state index contributed by atoms with van der Waals surface area (Å²) in [6, 6.07) is 5.95. The van der Waals surface area contributed by atoms with Gasteiger partial charge in [0.05, 0.1) is 5.56 Å². The van der Waals surface area contributed by atoms with E-state index in [4.69, 9.17) is 4.74 Å². The maximum absolute atomic E-state index is 12.2. The molecule has 1 atom stereocenters. The molecule has 1 saturated carbocycles. The van der Waals surface area contributed by atoms with Crippen molar-refractivity contribution in [2.75, 3.05) is 0 Å². The summed E-state index contributed by atoms with van der Waals surface area (Å²) in [7, 11) is 0. The van der Waals surface area contributed by atoms with Crippen LogP contribution in [-0.2, 0) is 22.4 Å². The van der Waals surface area contributed by atoms with Gasteiger partial charge in [-0.2, -0.15) is 0 Å². The molecule has 0 aliphatic heterocycles. The van der Waals surface area contributed by atoms with Crippen molar-refractivity contribution in [3.8, 4) is 0 Å². The Kier molecular flexibility index (Phi) is 4.46. The molecule has 22 heavy (non-hydrogen) atoms. The van der Waals surface area contributed by atoms with Gasteiger partial charge in [-0.1, -0.05) is 18.9 Å². The Morgan fingerprint density at radius 3 is 2.64 bits per heavy atom. The molecule has 1 N–H and O–H groups in total. The van der Waals surface area contributed by atoms with Crippen LogP contribution in [0.4, 0.5) is 0 Å². The zero-order valence-electron chi connectivity index (χ0n) is 13.1. The van der Waals surface area contributed by atoms with Crippen LogP contribution in [0.5, 0.6) is 0 Å². The summed E-state index contributed by atoms with van der Waals surface area (Å²) in [5.41, 5.74) is 3.10. The highest BCUT2D eigenvalue weighted by molar-refractivity contribution is 5.92. The Labute approximate surface area is 131 Å². The van der Waals surface area contributed by atoms with Crippen LogP contribution in [0.1, 0.15) is 60.5 Å². The minimum atomic E-state index is -0.749. The summed E-state index contributed by atoms with van der Waals surface area (Å²) in [5.74, 6) is -0.606. The fraction of sp³-hybridized carbons (Fsp3) is 0.556. The quantitative estimate of drug-likeness (QED) is 0.870. The number of aryl methyl sites for hydroxylation is 2. The number of benzene rings is 1. The maximum Gasteiger partial charge on any atom is 0.338 e. The number of ether oxygens (including phenoxy) is 1. The van der Waals surface area contributed by atoms with E-state index in [1.807, 2.05) is 12.1 Å². The zero-order valence-corrected chi connectivity index (χ0v) is 13.1. The SMILES string of the molecule is C[C@@H](OC(=O)c1ccc2c(c1)CCC2)C(=O)NC1CCCC1. The smallest absolute Gasteiger partial charge is 0.338 e. The van der Waals surface area contributed by atoms with Crippen molar-refractivity contribution in [1.29, 1.82) is 0 Å². The molecule has 1 fully saturated rings. The van der Waals surface area contributed by atoms with E-state index >= 15 is 0 Å². The first kappa shape index (κ1) is 15.1. The first-order valence-electron chi connectivity index (χ1n) is 8.26. The number of fused-ring (bicyclic) bond motifs is 1. The summed E-state index contributed by atoms with van der Waals surface area (Å²) in [6.45, 7) is 1.63. The molecule has 0 heterocycles. The Hall–Kier alpha value is -1.84. The topological polar surface area (TPSA) is 55.4 Å². The van der Waals surface area contributed by atoms with Crippen molar-refractivity contribution in [1.82, 2.24) is 5.32 Å². The lowest BCUT2D eigenvalue weighted by atomic mass is 10.1. The number of hydrogen-bond acceptors (Lipinski definition) is 3. The molecule has 3 rings (SSSR count). The maximum atomic E-state index is 12.2. The van der Waals surface area contributed by atoms with E-state index in [1.54, 1.807) is 13.0 Å². The van der Waals surface area contributed by atoms with Crippen LogP contribution < -0.4 is 5.32 Å². The molecule has 4 heteroatoms. The van der Waals surface area contributed by atoms with E-state index in [1.165, 1.54) is 11.1 Å². The monoisotopic (exact) mass is 301 g/mol. The summed E-state index contributed by atoms with van der Waals surface area (Å²) >= 11 is 0. The summed E-state index contributed by atoms with van der Waals surface area (Å²) in [6.07, 6.45) is 6.88. The van der Waals surface area contributed by atoms with E-state index in [2.05, 4.69) is 5.32 Å². The van der Waals surface area contributed by atoms with Gasteiger partial charge >= 0.3 is 5.97 Å². The third-order valence-electron chi connectivity index (χ3n) is 4.69. The molecule has 1 amide bonds. The number of esters is 1. The fourth-order valence-corrected chi connectivity index (χ4v) is 3.37. The first-order chi connectivity index (χ1) is 10.6. The van der Waals surface area contributed by atoms with Crippen molar-refractivity contribution < 1.29 is 14.3 Å². The van der Waals surface area contributed by atoms with Gasteiger partial charge in [-0.25, -0.2) is 4.79 Å². The van der Waals surface area contributed by atoms with E-state index in [9.17, 15) is 9.59 Å². The van der Waals surface area contributed by atoms with Crippen LogP contribution in [0.15, 0.2) is 18.2 Å². The molecule has 0 unspecified atom stereocenters. The van der Waals surface area contributed by atoms with Gasteiger partial charge in [0.2, 0.25) is 0 Å². The molecular formula is C18H23NO3. The van der Waals surface area contributed by atoms with Crippen LogP contribution in [0.3, 0.4) is 0 Å². The van der Waals surface area contributed by atoms with E-state index in [-0.39, 0.29) is 11.9 Å². The molecule has 0 saturated heterocycles. The van der Waals surface area contributed by atoms with Crippen LogP contribution in [0, 0.1) is 0 Å². The van der Waals surface area contributed by atoms with Gasteiger partial charge in [-0.15, -0.1) is 0 Å². The molecule has 0 spiro atoms. The highest BCUT2D eigenvalue weighted by Crippen LogP contribution is 2.23. The van der Waals surface area contributed by atoms with Crippen LogP contribution in [0.25, 0.3) is 0 Å². The Bertz CT molecular complexity index is 576. The number of hydrogen-bond donors (Lipinski definition) is 1. The minimum absolute atomic E-state index is 0.193. The van der Waals surface area contributed by atoms with Crippen LogP contribution in [0.2, 0.25) is 0 Å². The lowest BCUT2D eigenvalue weighted by molar-refractivity contribution is -0.129. The number of carbonyl (C=O) groups is 2. The number of amides is 1. The van der Waals surface area contributed by atoms with Gasteiger partial charge < -0.3 is 10.1 Å². The predicted octanol–water partition coefficient (Wildman–Crippen LogP) is 2.78. The zero-order chi connectivity index (χ0) is 15.5. The molecule has 0 radical (unpaired) electrons. The van der Waals surface area contributed by atoms with Gasteiger partial charge in [0.1, 0.15) is 0 Å². The average Bonchev–Trinajstić information content (AvgIpc) is 3.16. The molecule has 1 aromatic carbocycles. The van der Waals surface area contributed by atoms with E-state index in [0.29, 0.717) is 5.56 Å². The highest BCUT2D eigenvalue weighted by Gasteiger charge is 2.24. The van der Waals surface area contributed by atoms with Crippen LogP contribution in [-0.4, -0.2) is 24.0 Å². The van der Waals surface area contributed by atoms with E-state index < -0.39 is 12.1 Å². The minimum Gasteiger partial charge on any atom is -0.449 e. The lowest BCUT2D eigenvalue weighted by Gasteiger charge is -2.17. The van der Waals surface area contributed by atoms with Crippen molar-refractivity contribution >= 4 is 11.9 Å². The Morgan fingerprint density at radius 1 is 1.14 bits per heavy atom. The Balaban J connectivity index is 1.57. The third kappa shape index (κ3) is 3.32. The van der Waals surface area contributed by atoms with Crippen molar-refractivity contribution in [2.45, 2.75) is 64.0 Å². The highest BCUT2D eigenvalue weighted by atomic mass is 16.5. The number of rotatable bonds is 4. The summed E-state index contributed by atoms with van der Waals surface area (Å²) < 4.78 is 5.32. The Morgan fingerprint density at radius 2 is 1.86 bits per heavy atom. The van der Waals surface area contributed by atoms with Gasteiger partial charge in [0.25, 0.3) is 5.91 Å². The average molecular weight is 301 g/mol. The van der Waals surface area contributed by atoms with Gasteiger partial charge in [-0.05, 0) is 62.3 Å². The second kappa shape index (κ2) is 6.51. The van der Waals surface area contributed by atoms with Gasteiger partial charge in [0, 0.05) is 6.04 Å². The molecule has 118 valence electrons. The van der Waals surface area contributed by atoms with Crippen LogP contribution >= 0.6 is 0 Å². The van der Waals surface area contributed by atoms with Crippen molar-refractivity contribution in [2.24, 2.45) is 0 Å². The molecule has 2 aliphatic rings. The lowest BCUT2D eigenvalue weighted by Crippen LogP contribution is -2.40. The second-order valence-electron chi connectivity index (χ2n) is 6.37. The molecule has 0 aromatic heterocycles. The molecule has 4 nitrogen and oxygen atoms in total. The fourth-order valence-electron chi connectivity index (χ4n) is 3.37. The van der Waals surface area contributed by atoms with Gasteiger partial charge in [0.15, 0.2) is 6.10 Å². The second-order valence-corrected chi connectivity index (χ2v) is 6.37. The standard InChI is InChI=1S/C18H23NO3/c1-12(17(20)19-16-7-2-3-8-16)22-18(21)15-10-9-13-5-4-6-14(13)11-15/h9-12,16H,2-8H2,1H3,(H,19,20)/t12-/m1/s1. The normalized spacial score (nSPS) is 18.8. The van der Waals surface area contributed by atoms with Crippen molar-refractivity contribution in [3.63, 3.8) is 0 Å². The predicted molar refractivity (Wildman–Crippen MR) is 83.7 cm³/mol.